The van der Waals surface area contributed by atoms with Crippen LogP contribution in [0.5, 0.6) is 0 Å². The molecular formula is C16H24N2O. The van der Waals surface area contributed by atoms with E-state index in [2.05, 4.69) is 56.2 Å². The smallest absolute Gasteiger partial charge is 0.0863 e. The summed E-state index contributed by atoms with van der Waals surface area (Å²) in [6.07, 6.45) is 0. The first-order chi connectivity index (χ1) is 9.03. The molecule has 2 aliphatic heterocycles. The van der Waals surface area contributed by atoms with Crippen LogP contribution in [-0.4, -0.2) is 31.8 Å². The molecule has 0 bridgehead atoms. The van der Waals surface area contributed by atoms with Crippen molar-refractivity contribution in [2.24, 2.45) is 0 Å². The van der Waals surface area contributed by atoms with E-state index in [9.17, 15) is 0 Å². The Morgan fingerprint density at radius 3 is 2.95 bits per heavy atom. The average Bonchev–Trinajstić information content (AvgIpc) is 2.79. The summed E-state index contributed by atoms with van der Waals surface area (Å²) < 4.78 is 6.20. The minimum absolute atomic E-state index is 0.0258. The highest BCUT2D eigenvalue weighted by Crippen LogP contribution is 2.43. The SMILES string of the molecule is CC(C)N(C)c1cccc2c1CO[C@@]1(C)CNCC21. The molecule has 3 heteroatoms. The predicted molar refractivity (Wildman–Crippen MR) is 78.8 cm³/mol. The maximum atomic E-state index is 6.20. The molecule has 1 aromatic carbocycles. The fourth-order valence-electron chi connectivity index (χ4n) is 3.32. The van der Waals surface area contributed by atoms with E-state index in [4.69, 9.17) is 4.74 Å². The molecule has 1 N–H and O–H groups in total. The van der Waals surface area contributed by atoms with Gasteiger partial charge in [0.2, 0.25) is 0 Å². The predicted octanol–water partition coefficient (Wildman–Crippen LogP) is 2.51. The fourth-order valence-corrected chi connectivity index (χ4v) is 3.32. The first-order valence-corrected chi connectivity index (χ1v) is 7.22. The van der Waals surface area contributed by atoms with Gasteiger partial charge in [-0.15, -0.1) is 0 Å². The molecular weight excluding hydrogens is 236 g/mol. The summed E-state index contributed by atoms with van der Waals surface area (Å²) in [4.78, 5) is 2.34. The lowest BCUT2D eigenvalue weighted by Gasteiger charge is -2.39. The third-order valence-corrected chi connectivity index (χ3v) is 4.83. The van der Waals surface area contributed by atoms with Crippen molar-refractivity contribution in [2.45, 2.75) is 44.9 Å². The van der Waals surface area contributed by atoms with Gasteiger partial charge in [-0.1, -0.05) is 12.1 Å². The van der Waals surface area contributed by atoms with Gasteiger partial charge in [0.1, 0.15) is 0 Å². The van der Waals surface area contributed by atoms with Crippen molar-refractivity contribution < 1.29 is 4.74 Å². The van der Waals surface area contributed by atoms with Crippen LogP contribution in [0.1, 0.15) is 37.8 Å². The molecule has 1 unspecified atom stereocenters. The molecule has 0 aromatic heterocycles. The van der Waals surface area contributed by atoms with Gasteiger partial charge in [-0.3, -0.25) is 0 Å². The topological polar surface area (TPSA) is 24.5 Å². The van der Waals surface area contributed by atoms with Gasteiger partial charge < -0.3 is 15.0 Å². The Bertz CT molecular complexity index is 486. The number of benzene rings is 1. The summed E-state index contributed by atoms with van der Waals surface area (Å²) in [5.74, 6) is 0.483. The monoisotopic (exact) mass is 260 g/mol. The van der Waals surface area contributed by atoms with E-state index >= 15 is 0 Å². The molecule has 0 saturated carbocycles. The van der Waals surface area contributed by atoms with Crippen LogP contribution < -0.4 is 10.2 Å². The second-order valence-corrected chi connectivity index (χ2v) is 6.33. The summed E-state index contributed by atoms with van der Waals surface area (Å²) in [6.45, 7) is 9.41. The largest absolute Gasteiger partial charge is 0.372 e. The van der Waals surface area contributed by atoms with Crippen LogP contribution in [0, 0.1) is 0 Å². The second kappa shape index (κ2) is 4.50. The van der Waals surface area contributed by atoms with E-state index in [0.29, 0.717) is 12.0 Å². The first kappa shape index (κ1) is 12.9. The summed E-state index contributed by atoms with van der Waals surface area (Å²) in [5.41, 5.74) is 4.15. The Balaban J connectivity index is 2.05. The standard InChI is InChI=1S/C16H24N2O/c1-11(2)18(4)15-7-5-6-12-13(15)9-19-16(3)10-17-8-14(12)16/h5-7,11,14,17H,8-10H2,1-4H3/t14?,16-/m0/s1. The van der Waals surface area contributed by atoms with Gasteiger partial charge in [0, 0.05) is 43.3 Å². The van der Waals surface area contributed by atoms with Gasteiger partial charge in [0.25, 0.3) is 0 Å². The Labute approximate surface area is 115 Å². The number of anilines is 1. The lowest BCUT2D eigenvalue weighted by molar-refractivity contribution is -0.0515. The molecule has 104 valence electrons. The molecule has 1 saturated heterocycles. The van der Waals surface area contributed by atoms with Crippen molar-refractivity contribution in [3.8, 4) is 0 Å². The number of hydrogen-bond acceptors (Lipinski definition) is 3. The van der Waals surface area contributed by atoms with Crippen molar-refractivity contribution in [1.29, 1.82) is 0 Å². The Hall–Kier alpha value is -1.06. The molecule has 2 aliphatic rings. The molecule has 2 heterocycles. The van der Waals surface area contributed by atoms with Crippen LogP contribution in [0.3, 0.4) is 0 Å². The van der Waals surface area contributed by atoms with E-state index in [0.717, 1.165) is 19.7 Å². The summed E-state index contributed by atoms with van der Waals surface area (Å²) in [6, 6.07) is 7.19. The molecule has 0 amide bonds. The molecule has 2 atom stereocenters. The van der Waals surface area contributed by atoms with Crippen LogP contribution in [0.2, 0.25) is 0 Å². The van der Waals surface area contributed by atoms with Crippen molar-refractivity contribution in [2.75, 3.05) is 25.0 Å². The van der Waals surface area contributed by atoms with Crippen molar-refractivity contribution in [3.63, 3.8) is 0 Å². The first-order valence-electron chi connectivity index (χ1n) is 7.22. The Kier molecular flexibility index (Phi) is 3.06. The molecule has 0 aliphatic carbocycles. The fraction of sp³-hybridized carbons (Fsp3) is 0.625. The highest BCUT2D eigenvalue weighted by molar-refractivity contribution is 5.59. The van der Waals surface area contributed by atoms with Crippen LogP contribution in [0.15, 0.2) is 18.2 Å². The number of nitrogens with one attached hydrogen (secondary N) is 1. The summed E-state index contributed by atoms with van der Waals surface area (Å²) in [5, 5.41) is 3.48. The van der Waals surface area contributed by atoms with Gasteiger partial charge in [0.15, 0.2) is 0 Å². The molecule has 0 radical (unpaired) electrons. The van der Waals surface area contributed by atoms with E-state index < -0.39 is 0 Å². The lowest BCUT2D eigenvalue weighted by atomic mass is 9.81. The molecule has 1 aromatic rings. The van der Waals surface area contributed by atoms with Gasteiger partial charge in [-0.2, -0.15) is 0 Å². The minimum atomic E-state index is -0.0258. The zero-order chi connectivity index (χ0) is 13.6. The minimum Gasteiger partial charge on any atom is -0.372 e. The number of ether oxygens (including phenoxy) is 1. The molecule has 3 rings (SSSR count). The number of fused-ring (bicyclic) bond motifs is 3. The molecule has 19 heavy (non-hydrogen) atoms. The Morgan fingerprint density at radius 2 is 2.21 bits per heavy atom. The molecule has 1 fully saturated rings. The van der Waals surface area contributed by atoms with Gasteiger partial charge in [-0.05, 0) is 32.4 Å². The van der Waals surface area contributed by atoms with E-state index in [1.807, 2.05) is 0 Å². The van der Waals surface area contributed by atoms with E-state index in [-0.39, 0.29) is 5.60 Å². The number of hydrogen-bond donors (Lipinski definition) is 1. The van der Waals surface area contributed by atoms with Crippen molar-refractivity contribution in [1.82, 2.24) is 5.32 Å². The molecule has 3 nitrogen and oxygen atoms in total. The van der Waals surface area contributed by atoms with Crippen molar-refractivity contribution >= 4 is 5.69 Å². The highest BCUT2D eigenvalue weighted by Gasteiger charge is 2.45. The third-order valence-electron chi connectivity index (χ3n) is 4.83. The van der Waals surface area contributed by atoms with E-state index in [1.165, 1.54) is 16.8 Å². The van der Waals surface area contributed by atoms with Crippen molar-refractivity contribution in [3.05, 3.63) is 29.3 Å². The maximum Gasteiger partial charge on any atom is 0.0863 e. The molecule has 0 spiro atoms. The highest BCUT2D eigenvalue weighted by atomic mass is 16.5. The van der Waals surface area contributed by atoms with Gasteiger partial charge in [-0.25, -0.2) is 0 Å². The summed E-state index contributed by atoms with van der Waals surface area (Å²) >= 11 is 0. The quantitative estimate of drug-likeness (QED) is 0.884. The number of nitrogens with zero attached hydrogens (tertiary/aromatic N) is 1. The van der Waals surface area contributed by atoms with Crippen LogP contribution in [0.25, 0.3) is 0 Å². The van der Waals surface area contributed by atoms with E-state index in [1.54, 1.807) is 0 Å². The van der Waals surface area contributed by atoms with Crippen LogP contribution in [-0.2, 0) is 11.3 Å². The van der Waals surface area contributed by atoms with Gasteiger partial charge in [0.05, 0.1) is 12.2 Å². The lowest BCUT2D eigenvalue weighted by Crippen LogP contribution is -2.40. The summed E-state index contributed by atoms with van der Waals surface area (Å²) in [7, 11) is 2.17. The zero-order valence-corrected chi connectivity index (χ0v) is 12.4. The van der Waals surface area contributed by atoms with Crippen LogP contribution in [0.4, 0.5) is 5.69 Å². The normalized spacial score (nSPS) is 29.2. The number of rotatable bonds is 2. The zero-order valence-electron chi connectivity index (χ0n) is 12.4. The average molecular weight is 260 g/mol. The van der Waals surface area contributed by atoms with Gasteiger partial charge >= 0.3 is 0 Å². The maximum absolute atomic E-state index is 6.20. The second-order valence-electron chi connectivity index (χ2n) is 6.33. The third kappa shape index (κ3) is 1.96. The Morgan fingerprint density at radius 1 is 1.42 bits per heavy atom. The van der Waals surface area contributed by atoms with Crippen LogP contribution >= 0.6 is 0 Å².